The molecule has 1 aliphatic rings. The molecule has 1 aliphatic heterocycles. The van der Waals surface area contributed by atoms with E-state index in [1.807, 2.05) is 29.6 Å². The summed E-state index contributed by atoms with van der Waals surface area (Å²) in [4.78, 5) is 26.9. The molecule has 0 spiro atoms. The van der Waals surface area contributed by atoms with Gasteiger partial charge in [0.2, 0.25) is 6.10 Å². The third kappa shape index (κ3) is 2.15. The molecule has 0 amide bonds. The first-order valence-electron chi connectivity index (χ1n) is 6.61. The van der Waals surface area contributed by atoms with E-state index in [1.54, 1.807) is 11.3 Å². The number of hydrogen-bond acceptors (Lipinski definition) is 6. The lowest BCUT2D eigenvalue weighted by molar-refractivity contribution is 0.0727. The first-order valence-corrected chi connectivity index (χ1v) is 7.49. The number of benzene rings is 1. The first-order chi connectivity index (χ1) is 10.7. The van der Waals surface area contributed by atoms with Crippen LogP contribution in [0.25, 0.3) is 10.1 Å². The van der Waals surface area contributed by atoms with Crippen LogP contribution in [0.2, 0.25) is 0 Å². The number of rotatable bonds is 3. The van der Waals surface area contributed by atoms with E-state index in [0.717, 1.165) is 10.1 Å². The van der Waals surface area contributed by atoms with Crippen molar-refractivity contribution < 1.29 is 14.3 Å². The number of ether oxygens (including phenoxy) is 2. The Labute approximate surface area is 128 Å². The molecule has 6 nitrogen and oxygen atoms in total. The Kier molecular flexibility index (Phi) is 2.93. The van der Waals surface area contributed by atoms with Crippen molar-refractivity contribution in [3.63, 3.8) is 0 Å². The van der Waals surface area contributed by atoms with Crippen molar-refractivity contribution in [1.82, 2.24) is 9.55 Å². The Morgan fingerprint density at radius 1 is 1.27 bits per heavy atom. The highest BCUT2D eigenvalue weighted by molar-refractivity contribution is 7.17. The Morgan fingerprint density at radius 3 is 3.09 bits per heavy atom. The zero-order valence-electron chi connectivity index (χ0n) is 11.3. The molecule has 1 atom stereocenters. The van der Waals surface area contributed by atoms with Crippen LogP contribution in [-0.2, 0) is 0 Å². The van der Waals surface area contributed by atoms with Gasteiger partial charge in [0.25, 0.3) is 11.5 Å². The smallest absolute Gasteiger partial charge is 0.307 e. The zero-order chi connectivity index (χ0) is 15.1. The van der Waals surface area contributed by atoms with Gasteiger partial charge in [0.1, 0.15) is 12.4 Å². The predicted octanol–water partition coefficient (Wildman–Crippen LogP) is 1.94. The Hall–Kier alpha value is -2.67. The number of hydrogen-bond donors (Lipinski definition) is 0. The molecule has 0 N–H and O–H groups in total. The highest BCUT2D eigenvalue weighted by atomic mass is 32.1. The fourth-order valence-corrected chi connectivity index (χ4v) is 3.09. The standard InChI is InChI=1S/C15H10N2O4S/c18-13-3-5-17-14(19)11(21-15(17)16-13)8-20-10-2-1-9-4-6-22-12(9)7-10/h1-7,11H,8H2/t11-/m0/s1. The summed E-state index contributed by atoms with van der Waals surface area (Å²) < 4.78 is 13.4. The van der Waals surface area contributed by atoms with E-state index in [4.69, 9.17) is 9.47 Å². The second-order valence-electron chi connectivity index (χ2n) is 4.79. The van der Waals surface area contributed by atoms with Gasteiger partial charge in [-0.1, -0.05) is 0 Å². The van der Waals surface area contributed by atoms with Crippen molar-refractivity contribution in [2.75, 3.05) is 6.61 Å². The maximum atomic E-state index is 12.1. The highest BCUT2D eigenvalue weighted by Gasteiger charge is 2.33. The number of thiophene rings is 1. The van der Waals surface area contributed by atoms with Crippen molar-refractivity contribution in [3.05, 3.63) is 52.3 Å². The van der Waals surface area contributed by atoms with E-state index < -0.39 is 11.7 Å². The predicted molar refractivity (Wildman–Crippen MR) is 80.9 cm³/mol. The number of carbonyl (C=O) groups excluding carboxylic acids is 1. The molecular formula is C15H10N2O4S. The van der Waals surface area contributed by atoms with Crippen molar-refractivity contribution in [3.8, 4) is 11.8 Å². The van der Waals surface area contributed by atoms with Gasteiger partial charge < -0.3 is 9.47 Å². The zero-order valence-corrected chi connectivity index (χ0v) is 12.1. The van der Waals surface area contributed by atoms with E-state index in [0.29, 0.717) is 5.75 Å². The average molecular weight is 314 g/mol. The molecule has 22 heavy (non-hydrogen) atoms. The summed E-state index contributed by atoms with van der Waals surface area (Å²) in [6, 6.07) is 9.01. The van der Waals surface area contributed by atoms with Gasteiger partial charge in [-0.05, 0) is 35.0 Å². The van der Waals surface area contributed by atoms with Crippen LogP contribution in [0.5, 0.6) is 11.8 Å². The number of aromatic nitrogens is 2. The number of nitrogens with zero attached hydrogens (tertiary/aromatic N) is 2. The van der Waals surface area contributed by atoms with Gasteiger partial charge in [0.15, 0.2) is 0 Å². The second-order valence-corrected chi connectivity index (χ2v) is 5.74. The number of fused-ring (bicyclic) bond motifs is 2. The van der Waals surface area contributed by atoms with E-state index in [1.165, 1.54) is 16.8 Å². The van der Waals surface area contributed by atoms with Crippen LogP contribution in [0.4, 0.5) is 0 Å². The van der Waals surface area contributed by atoms with E-state index in [-0.39, 0.29) is 18.5 Å². The summed E-state index contributed by atoms with van der Waals surface area (Å²) >= 11 is 1.62. The Bertz CT molecular complexity index is 930. The molecule has 0 radical (unpaired) electrons. The van der Waals surface area contributed by atoms with Crippen molar-refractivity contribution >= 4 is 27.3 Å². The van der Waals surface area contributed by atoms with Gasteiger partial charge >= 0.3 is 6.01 Å². The highest BCUT2D eigenvalue weighted by Crippen LogP contribution is 2.26. The molecule has 0 unspecified atom stereocenters. The minimum atomic E-state index is -0.798. The quantitative estimate of drug-likeness (QED) is 0.739. The van der Waals surface area contributed by atoms with Crippen LogP contribution >= 0.6 is 11.3 Å². The molecule has 4 rings (SSSR count). The Balaban J connectivity index is 1.50. The third-order valence-electron chi connectivity index (χ3n) is 3.37. The van der Waals surface area contributed by atoms with E-state index in [9.17, 15) is 9.59 Å². The maximum absolute atomic E-state index is 12.1. The Morgan fingerprint density at radius 2 is 2.18 bits per heavy atom. The van der Waals surface area contributed by atoms with Crippen molar-refractivity contribution in [1.29, 1.82) is 0 Å². The summed E-state index contributed by atoms with van der Waals surface area (Å²) in [6.45, 7) is 0.0628. The fraction of sp³-hybridized carbons (Fsp3) is 0.133. The van der Waals surface area contributed by atoms with Crippen molar-refractivity contribution in [2.45, 2.75) is 6.10 Å². The average Bonchev–Trinajstić information content (AvgIpc) is 3.09. The van der Waals surface area contributed by atoms with Crippen LogP contribution in [0.15, 0.2) is 46.7 Å². The van der Waals surface area contributed by atoms with Gasteiger partial charge in [-0.2, -0.15) is 4.98 Å². The summed E-state index contributed by atoms with van der Waals surface area (Å²) in [6.07, 6.45) is 0.568. The van der Waals surface area contributed by atoms with Gasteiger partial charge in [-0.25, -0.2) is 4.57 Å². The largest absolute Gasteiger partial charge is 0.489 e. The molecule has 0 saturated heterocycles. The lowest BCUT2D eigenvalue weighted by atomic mass is 10.2. The van der Waals surface area contributed by atoms with Crippen LogP contribution < -0.4 is 15.0 Å². The summed E-state index contributed by atoms with van der Waals surface area (Å²) in [5, 5.41) is 3.16. The summed E-state index contributed by atoms with van der Waals surface area (Å²) in [5.41, 5.74) is -0.441. The van der Waals surface area contributed by atoms with Gasteiger partial charge in [-0.3, -0.25) is 9.59 Å². The SMILES string of the molecule is O=C1[C@H](COc2ccc3ccsc3c2)Oc2nc(=O)ccn21. The molecule has 110 valence electrons. The molecule has 0 aliphatic carbocycles. The van der Waals surface area contributed by atoms with Crippen LogP contribution in [-0.4, -0.2) is 28.2 Å². The maximum Gasteiger partial charge on any atom is 0.307 e. The molecule has 1 aromatic carbocycles. The molecule has 7 heteroatoms. The number of carbonyl (C=O) groups is 1. The van der Waals surface area contributed by atoms with Gasteiger partial charge in [0, 0.05) is 17.0 Å². The fourth-order valence-electron chi connectivity index (χ4n) is 2.27. The van der Waals surface area contributed by atoms with E-state index >= 15 is 0 Å². The lowest BCUT2D eigenvalue weighted by Gasteiger charge is -2.10. The van der Waals surface area contributed by atoms with Crippen LogP contribution in [0.3, 0.4) is 0 Å². The minimum Gasteiger partial charge on any atom is -0.489 e. The topological polar surface area (TPSA) is 70.4 Å². The monoisotopic (exact) mass is 314 g/mol. The summed E-state index contributed by atoms with van der Waals surface area (Å²) in [7, 11) is 0. The molecule has 0 fully saturated rings. The van der Waals surface area contributed by atoms with E-state index in [2.05, 4.69) is 4.98 Å². The molecular weight excluding hydrogens is 304 g/mol. The normalized spacial score (nSPS) is 16.5. The first kappa shape index (κ1) is 13.0. The second kappa shape index (κ2) is 4.96. The molecule has 3 heterocycles. The molecule has 0 bridgehead atoms. The summed E-state index contributed by atoms with van der Waals surface area (Å²) in [5.74, 6) is 0.379. The van der Waals surface area contributed by atoms with Crippen molar-refractivity contribution in [2.24, 2.45) is 0 Å². The van der Waals surface area contributed by atoms with Crippen LogP contribution in [0.1, 0.15) is 4.79 Å². The van der Waals surface area contributed by atoms with Gasteiger partial charge in [0.05, 0.1) is 0 Å². The van der Waals surface area contributed by atoms with Gasteiger partial charge in [-0.15, -0.1) is 11.3 Å². The molecule has 2 aromatic heterocycles. The lowest BCUT2D eigenvalue weighted by Crippen LogP contribution is -2.30. The third-order valence-corrected chi connectivity index (χ3v) is 4.25. The molecule has 0 saturated carbocycles. The minimum absolute atomic E-state index is 0.0137. The molecule has 3 aromatic rings. The van der Waals surface area contributed by atoms with Crippen LogP contribution in [0, 0.1) is 0 Å².